The quantitative estimate of drug-likeness (QED) is 0.719. The number of benzene rings is 1. The van der Waals surface area contributed by atoms with E-state index < -0.39 is 0 Å². The summed E-state index contributed by atoms with van der Waals surface area (Å²) in [5.41, 5.74) is 0.495. The lowest BCUT2D eigenvalue weighted by Gasteiger charge is -2.27. The van der Waals surface area contributed by atoms with Crippen molar-refractivity contribution in [1.29, 1.82) is 0 Å². The van der Waals surface area contributed by atoms with Crippen LogP contribution in [0.3, 0.4) is 0 Å². The summed E-state index contributed by atoms with van der Waals surface area (Å²) in [5.74, 6) is 0.593. The second kappa shape index (κ2) is 5.96. The Bertz CT molecular complexity index is 436. The molecule has 1 nitrogen and oxygen atoms in total. The predicted octanol–water partition coefficient (Wildman–Crippen LogP) is 4.99. The number of Topliss-reactive ketones (excluding diaryl/α,β-unsaturated/α-hetero) is 1. The summed E-state index contributed by atoms with van der Waals surface area (Å²) < 4.78 is 13.9. The highest BCUT2D eigenvalue weighted by Crippen LogP contribution is 2.33. The van der Waals surface area contributed by atoms with Gasteiger partial charge in [-0.25, -0.2) is 4.39 Å². The molecule has 2 rings (SSSR count). The van der Waals surface area contributed by atoms with Gasteiger partial charge in [-0.05, 0) is 49.8 Å². The van der Waals surface area contributed by atoms with Gasteiger partial charge >= 0.3 is 0 Å². The molecule has 0 amide bonds. The lowest BCUT2D eigenvalue weighted by atomic mass is 9.78. The van der Waals surface area contributed by atoms with Crippen molar-refractivity contribution in [1.82, 2.24) is 0 Å². The van der Waals surface area contributed by atoms with Crippen molar-refractivity contribution >= 4 is 21.7 Å². The Morgan fingerprint density at radius 1 is 1.33 bits per heavy atom. The molecule has 0 heterocycles. The Balaban J connectivity index is 2.10. The van der Waals surface area contributed by atoms with Crippen LogP contribution in [0.25, 0.3) is 0 Å². The summed E-state index contributed by atoms with van der Waals surface area (Å²) in [6.45, 7) is 2.20. The Morgan fingerprint density at radius 2 is 2.00 bits per heavy atom. The molecule has 98 valence electrons. The Morgan fingerprint density at radius 3 is 2.61 bits per heavy atom. The standard InChI is InChI=1S/C15H18BrFO/c1-2-10-3-5-11(6-4-10)15(18)13-9-12(17)7-8-14(13)16/h7-11H,2-6H2,1H3. The van der Waals surface area contributed by atoms with Gasteiger partial charge in [0.25, 0.3) is 0 Å². The number of carbonyl (C=O) groups is 1. The molecule has 0 aliphatic heterocycles. The van der Waals surface area contributed by atoms with Crippen LogP contribution < -0.4 is 0 Å². The first-order chi connectivity index (χ1) is 8.61. The first-order valence-corrected chi connectivity index (χ1v) is 7.40. The number of halogens is 2. The number of rotatable bonds is 3. The highest BCUT2D eigenvalue weighted by Gasteiger charge is 2.27. The third-order valence-corrected chi connectivity index (χ3v) is 4.68. The summed E-state index contributed by atoms with van der Waals surface area (Å²) in [6.07, 6.45) is 5.34. The summed E-state index contributed by atoms with van der Waals surface area (Å²) in [4.78, 5) is 12.4. The zero-order valence-electron chi connectivity index (χ0n) is 10.6. The van der Waals surface area contributed by atoms with E-state index in [0.717, 1.165) is 31.6 Å². The van der Waals surface area contributed by atoms with Crippen molar-refractivity contribution in [2.24, 2.45) is 11.8 Å². The molecule has 1 fully saturated rings. The lowest BCUT2D eigenvalue weighted by molar-refractivity contribution is 0.0870. The molecule has 0 bridgehead atoms. The molecule has 18 heavy (non-hydrogen) atoms. The van der Waals surface area contributed by atoms with Crippen LogP contribution in [0.2, 0.25) is 0 Å². The predicted molar refractivity (Wildman–Crippen MR) is 74.2 cm³/mol. The number of hydrogen-bond acceptors (Lipinski definition) is 1. The van der Waals surface area contributed by atoms with Gasteiger partial charge in [0.05, 0.1) is 0 Å². The molecule has 0 aromatic heterocycles. The molecule has 3 heteroatoms. The third kappa shape index (κ3) is 3.00. The van der Waals surface area contributed by atoms with Crippen molar-refractivity contribution < 1.29 is 9.18 Å². The van der Waals surface area contributed by atoms with Crippen molar-refractivity contribution in [2.75, 3.05) is 0 Å². The molecule has 0 N–H and O–H groups in total. The van der Waals surface area contributed by atoms with E-state index >= 15 is 0 Å². The molecule has 1 saturated carbocycles. The van der Waals surface area contributed by atoms with Gasteiger partial charge in [-0.15, -0.1) is 0 Å². The SMILES string of the molecule is CCC1CCC(C(=O)c2cc(F)ccc2Br)CC1. The molecule has 0 saturated heterocycles. The van der Waals surface area contributed by atoms with E-state index in [2.05, 4.69) is 22.9 Å². The van der Waals surface area contributed by atoms with E-state index in [-0.39, 0.29) is 17.5 Å². The van der Waals surface area contributed by atoms with Crippen LogP contribution in [-0.4, -0.2) is 5.78 Å². The zero-order chi connectivity index (χ0) is 13.1. The molecule has 0 unspecified atom stereocenters. The summed E-state index contributed by atoms with van der Waals surface area (Å²) in [5, 5.41) is 0. The van der Waals surface area contributed by atoms with E-state index in [1.165, 1.54) is 18.6 Å². The normalized spacial score (nSPS) is 23.9. The molecule has 1 aliphatic carbocycles. The second-order valence-electron chi connectivity index (χ2n) is 5.11. The molecular weight excluding hydrogens is 295 g/mol. The van der Waals surface area contributed by atoms with E-state index in [9.17, 15) is 9.18 Å². The second-order valence-corrected chi connectivity index (χ2v) is 5.97. The van der Waals surface area contributed by atoms with Crippen molar-refractivity contribution in [3.05, 3.63) is 34.1 Å². The smallest absolute Gasteiger partial charge is 0.167 e. The molecule has 0 radical (unpaired) electrons. The zero-order valence-corrected chi connectivity index (χ0v) is 12.2. The molecule has 1 aliphatic rings. The van der Waals surface area contributed by atoms with Gasteiger partial charge in [-0.1, -0.05) is 29.3 Å². The fourth-order valence-electron chi connectivity index (χ4n) is 2.74. The van der Waals surface area contributed by atoms with Gasteiger partial charge < -0.3 is 0 Å². The highest BCUT2D eigenvalue weighted by molar-refractivity contribution is 9.10. The van der Waals surface area contributed by atoms with Gasteiger partial charge in [0.1, 0.15) is 5.82 Å². The number of ketones is 1. The monoisotopic (exact) mass is 312 g/mol. The first-order valence-electron chi connectivity index (χ1n) is 6.61. The minimum atomic E-state index is -0.344. The molecule has 1 aromatic carbocycles. The van der Waals surface area contributed by atoms with Crippen LogP contribution >= 0.6 is 15.9 Å². The molecule has 0 spiro atoms. The summed E-state index contributed by atoms with van der Waals surface area (Å²) in [7, 11) is 0. The van der Waals surface area contributed by atoms with Gasteiger partial charge in [0, 0.05) is 16.0 Å². The Labute approximate surface area is 116 Å². The number of hydrogen-bond donors (Lipinski definition) is 0. The minimum absolute atomic E-state index is 0.0749. The first kappa shape index (κ1) is 13.7. The van der Waals surface area contributed by atoms with Crippen molar-refractivity contribution in [3.63, 3.8) is 0 Å². The van der Waals surface area contributed by atoms with E-state index in [4.69, 9.17) is 0 Å². The average Bonchev–Trinajstić information content (AvgIpc) is 2.41. The van der Waals surface area contributed by atoms with Crippen LogP contribution in [0.5, 0.6) is 0 Å². The average molecular weight is 313 g/mol. The van der Waals surface area contributed by atoms with Gasteiger partial charge in [-0.3, -0.25) is 4.79 Å². The lowest BCUT2D eigenvalue weighted by Crippen LogP contribution is -2.22. The van der Waals surface area contributed by atoms with Crippen LogP contribution in [0.4, 0.5) is 4.39 Å². The highest BCUT2D eigenvalue weighted by atomic mass is 79.9. The van der Waals surface area contributed by atoms with E-state index in [0.29, 0.717) is 10.0 Å². The maximum atomic E-state index is 13.2. The third-order valence-electron chi connectivity index (χ3n) is 3.99. The topological polar surface area (TPSA) is 17.1 Å². The number of carbonyl (C=O) groups excluding carboxylic acids is 1. The van der Waals surface area contributed by atoms with E-state index in [1.54, 1.807) is 6.07 Å². The van der Waals surface area contributed by atoms with Crippen LogP contribution in [0, 0.1) is 17.7 Å². The van der Waals surface area contributed by atoms with Crippen LogP contribution in [-0.2, 0) is 0 Å². The maximum Gasteiger partial charge on any atom is 0.167 e. The Kier molecular flexibility index (Phi) is 4.55. The largest absolute Gasteiger partial charge is 0.294 e. The van der Waals surface area contributed by atoms with Crippen LogP contribution in [0.1, 0.15) is 49.4 Å². The Hall–Kier alpha value is -0.700. The van der Waals surface area contributed by atoms with Gasteiger partial charge in [0.15, 0.2) is 5.78 Å². The molecular formula is C15H18BrFO. The molecule has 0 atom stereocenters. The van der Waals surface area contributed by atoms with E-state index in [1.807, 2.05) is 0 Å². The van der Waals surface area contributed by atoms with Crippen LogP contribution in [0.15, 0.2) is 22.7 Å². The fourth-order valence-corrected chi connectivity index (χ4v) is 3.18. The maximum absolute atomic E-state index is 13.2. The minimum Gasteiger partial charge on any atom is -0.294 e. The van der Waals surface area contributed by atoms with Gasteiger partial charge in [-0.2, -0.15) is 0 Å². The van der Waals surface area contributed by atoms with Gasteiger partial charge in [0.2, 0.25) is 0 Å². The fraction of sp³-hybridized carbons (Fsp3) is 0.533. The summed E-state index contributed by atoms with van der Waals surface area (Å²) in [6, 6.07) is 4.33. The van der Waals surface area contributed by atoms with Crippen molar-refractivity contribution in [3.8, 4) is 0 Å². The van der Waals surface area contributed by atoms with Crippen molar-refractivity contribution in [2.45, 2.75) is 39.0 Å². The molecule has 1 aromatic rings. The summed E-state index contributed by atoms with van der Waals surface area (Å²) >= 11 is 3.34.